The van der Waals surface area contributed by atoms with Gasteiger partial charge in [-0.3, -0.25) is 0 Å². The fraction of sp³-hybridized carbons (Fsp3) is 0.364. The molecule has 4 nitrogen and oxygen atoms in total. The van der Waals surface area contributed by atoms with E-state index in [0.717, 1.165) is 12.1 Å². The Morgan fingerprint density at radius 1 is 1.19 bits per heavy atom. The van der Waals surface area contributed by atoms with Crippen molar-refractivity contribution in [2.24, 2.45) is 10.9 Å². The van der Waals surface area contributed by atoms with Crippen molar-refractivity contribution in [1.82, 2.24) is 0 Å². The van der Waals surface area contributed by atoms with Crippen LogP contribution in [-0.4, -0.2) is 29.5 Å². The number of halogens is 6. The summed E-state index contributed by atoms with van der Waals surface area (Å²) >= 11 is 0. The SMILES string of the molecule is Cc1ccc(OC(C(F)(F)F)C(F)(F)F)c(/C(N)=N/O)c1. The first-order chi connectivity index (χ1) is 9.46. The summed E-state index contributed by atoms with van der Waals surface area (Å²) in [7, 11) is 0. The van der Waals surface area contributed by atoms with Crippen LogP contribution in [0.15, 0.2) is 23.4 Å². The lowest BCUT2D eigenvalue weighted by atomic mass is 10.1. The fourth-order valence-electron chi connectivity index (χ4n) is 1.45. The molecular weight excluding hydrogens is 306 g/mol. The highest BCUT2D eigenvalue weighted by atomic mass is 19.4. The lowest BCUT2D eigenvalue weighted by molar-refractivity contribution is -0.299. The van der Waals surface area contributed by atoms with Crippen LogP contribution in [0.3, 0.4) is 0 Å². The van der Waals surface area contributed by atoms with Crippen LogP contribution in [0.1, 0.15) is 11.1 Å². The number of amidine groups is 1. The lowest BCUT2D eigenvalue weighted by Crippen LogP contribution is -2.46. The number of ether oxygens (including phenoxy) is 1. The van der Waals surface area contributed by atoms with Gasteiger partial charge >= 0.3 is 12.4 Å². The van der Waals surface area contributed by atoms with Gasteiger partial charge in [0.05, 0.1) is 5.56 Å². The molecule has 0 bridgehead atoms. The molecule has 0 radical (unpaired) electrons. The zero-order valence-electron chi connectivity index (χ0n) is 10.5. The van der Waals surface area contributed by atoms with E-state index in [9.17, 15) is 26.3 Å². The number of aryl methyl sites for hydroxylation is 1. The maximum atomic E-state index is 12.4. The number of alkyl halides is 6. The second kappa shape index (κ2) is 5.70. The van der Waals surface area contributed by atoms with Crippen molar-refractivity contribution < 1.29 is 36.3 Å². The molecule has 0 aliphatic rings. The molecule has 0 saturated heterocycles. The Hall–Kier alpha value is -2.13. The number of oxime groups is 1. The molecule has 0 aliphatic carbocycles. The predicted octanol–water partition coefficient (Wildman–Crippen LogP) is 2.96. The molecule has 21 heavy (non-hydrogen) atoms. The average Bonchev–Trinajstić information content (AvgIpc) is 2.33. The van der Waals surface area contributed by atoms with Crippen LogP contribution in [0, 0.1) is 6.92 Å². The lowest BCUT2D eigenvalue weighted by Gasteiger charge is -2.25. The Balaban J connectivity index is 3.28. The predicted molar refractivity (Wildman–Crippen MR) is 60.2 cm³/mol. The highest BCUT2D eigenvalue weighted by molar-refractivity contribution is 5.99. The molecule has 0 aromatic heterocycles. The van der Waals surface area contributed by atoms with E-state index in [1.807, 2.05) is 0 Å². The van der Waals surface area contributed by atoms with Gasteiger partial charge in [0, 0.05) is 0 Å². The third-order valence-corrected chi connectivity index (χ3v) is 2.36. The van der Waals surface area contributed by atoms with Crippen LogP contribution < -0.4 is 10.5 Å². The van der Waals surface area contributed by atoms with Crippen LogP contribution in [0.25, 0.3) is 0 Å². The van der Waals surface area contributed by atoms with Crippen molar-refractivity contribution in [3.8, 4) is 5.75 Å². The second-order valence-electron chi connectivity index (χ2n) is 4.07. The molecule has 1 rings (SSSR count). The van der Waals surface area contributed by atoms with E-state index in [2.05, 4.69) is 9.89 Å². The summed E-state index contributed by atoms with van der Waals surface area (Å²) in [4.78, 5) is 0. The van der Waals surface area contributed by atoms with E-state index in [0.29, 0.717) is 5.56 Å². The van der Waals surface area contributed by atoms with Gasteiger partial charge in [0.1, 0.15) is 5.75 Å². The van der Waals surface area contributed by atoms with Gasteiger partial charge in [0.25, 0.3) is 6.10 Å². The molecular formula is C11H10F6N2O2. The van der Waals surface area contributed by atoms with Crippen LogP contribution in [0.4, 0.5) is 26.3 Å². The number of benzene rings is 1. The Morgan fingerprint density at radius 2 is 1.71 bits per heavy atom. The van der Waals surface area contributed by atoms with E-state index in [1.165, 1.54) is 13.0 Å². The molecule has 0 unspecified atom stereocenters. The Kier molecular flexibility index (Phi) is 4.59. The maximum absolute atomic E-state index is 12.4. The molecule has 1 aromatic rings. The zero-order chi connectivity index (χ0) is 16.4. The van der Waals surface area contributed by atoms with Crippen molar-refractivity contribution in [3.05, 3.63) is 29.3 Å². The molecule has 0 aliphatic heterocycles. The summed E-state index contributed by atoms with van der Waals surface area (Å²) in [6.45, 7) is 1.52. The minimum atomic E-state index is -5.66. The van der Waals surface area contributed by atoms with E-state index >= 15 is 0 Å². The third kappa shape index (κ3) is 4.17. The van der Waals surface area contributed by atoms with Gasteiger partial charge in [0.2, 0.25) is 0 Å². The van der Waals surface area contributed by atoms with Gasteiger partial charge in [-0.15, -0.1) is 0 Å². The van der Waals surface area contributed by atoms with Gasteiger partial charge in [0.15, 0.2) is 5.84 Å². The van der Waals surface area contributed by atoms with Crippen molar-refractivity contribution in [2.75, 3.05) is 0 Å². The minimum absolute atomic E-state index is 0.379. The summed E-state index contributed by atoms with van der Waals surface area (Å²) < 4.78 is 78.7. The molecule has 0 saturated carbocycles. The zero-order valence-corrected chi connectivity index (χ0v) is 10.5. The molecule has 0 atom stereocenters. The van der Waals surface area contributed by atoms with Crippen molar-refractivity contribution in [2.45, 2.75) is 25.4 Å². The minimum Gasteiger partial charge on any atom is -0.471 e. The Morgan fingerprint density at radius 3 is 2.14 bits per heavy atom. The molecule has 118 valence electrons. The van der Waals surface area contributed by atoms with Crippen LogP contribution in [0.5, 0.6) is 5.75 Å². The highest BCUT2D eigenvalue weighted by Gasteiger charge is 2.59. The second-order valence-corrected chi connectivity index (χ2v) is 4.07. The first kappa shape index (κ1) is 16.9. The van der Waals surface area contributed by atoms with Gasteiger partial charge in [-0.1, -0.05) is 16.8 Å². The van der Waals surface area contributed by atoms with Gasteiger partial charge in [-0.25, -0.2) is 0 Å². The summed E-state index contributed by atoms with van der Waals surface area (Å²) in [5, 5.41) is 11.1. The number of nitrogens with zero attached hydrogens (tertiary/aromatic N) is 1. The van der Waals surface area contributed by atoms with Crippen LogP contribution >= 0.6 is 0 Å². The highest BCUT2D eigenvalue weighted by Crippen LogP contribution is 2.37. The monoisotopic (exact) mass is 316 g/mol. The molecule has 0 amide bonds. The molecule has 10 heteroatoms. The first-order valence-corrected chi connectivity index (χ1v) is 5.35. The maximum Gasteiger partial charge on any atom is 0.434 e. The largest absolute Gasteiger partial charge is 0.471 e. The van der Waals surface area contributed by atoms with Crippen LogP contribution in [0.2, 0.25) is 0 Å². The van der Waals surface area contributed by atoms with Crippen molar-refractivity contribution in [1.29, 1.82) is 0 Å². The molecule has 1 aromatic carbocycles. The van der Waals surface area contributed by atoms with E-state index in [4.69, 9.17) is 10.9 Å². The number of hydrogen-bond donors (Lipinski definition) is 2. The van der Waals surface area contributed by atoms with Crippen LogP contribution in [-0.2, 0) is 0 Å². The molecule has 3 N–H and O–H groups in total. The van der Waals surface area contributed by atoms with E-state index < -0.39 is 30.0 Å². The Labute approximate surface area is 114 Å². The quantitative estimate of drug-likeness (QED) is 0.296. The molecule has 0 heterocycles. The standard InChI is InChI=1S/C11H10F6N2O2/c1-5-2-3-7(6(4-5)8(18)19-20)21-9(10(12,13)14)11(15,16)17/h2-4,9,20H,1H3,(H2,18,19). The summed E-state index contributed by atoms with van der Waals surface area (Å²) in [5.74, 6) is -1.47. The first-order valence-electron chi connectivity index (χ1n) is 5.35. The van der Waals surface area contributed by atoms with Crippen molar-refractivity contribution in [3.63, 3.8) is 0 Å². The van der Waals surface area contributed by atoms with Gasteiger partial charge in [-0.05, 0) is 19.1 Å². The number of hydrogen-bond acceptors (Lipinski definition) is 3. The number of nitrogens with two attached hydrogens (primary N) is 1. The topological polar surface area (TPSA) is 67.8 Å². The normalized spacial score (nSPS) is 13.6. The molecule has 0 fully saturated rings. The van der Waals surface area contributed by atoms with E-state index in [1.54, 1.807) is 0 Å². The Bertz CT molecular complexity index is 524. The third-order valence-electron chi connectivity index (χ3n) is 2.36. The molecule has 0 spiro atoms. The number of rotatable bonds is 3. The summed E-state index contributed by atoms with van der Waals surface area (Å²) in [6, 6.07) is 3.24. The summed E-state index contributed by atoms with van der Waals surface area (Å²) in [6.07, 6.45) is -15.3. The van der Waals surface area contributed by atoms with E-state index in [-0.39, 0.29) is 5.56 Å². The van der Waals surface area contributed by atoms with Gasteiger partial charge in [-0.2, -0.15) is 26.3 Å². The van der Waals surface area contributed by atoms with Crippen molar-refractivity contribution >= 4 is 5.84 Å². The summed E-state index contributed by atoms with van der Waals surface area (Å²) in [5.41, 5.74) is 5.31. The van der Waals surface area contributed by atoms with Gasteiger partial charge < -0.3 is 15.7 Å². The smallest absolute Gasteiger partial charge is 0.434 e. The average molecular weight is 316 g/mol. The fourth-order valence-corrected chi connectivity index (χ4v) is 1.45.